The molecule has 1 fully saturated rings. The highest BCUT2D eigenvalue weighted by atomic mass is 32.2. The molecule has 35 heavy (non-hydrogen) atoms. The molecule has 1 amide bonds. The first-order valence-corrected chi connectivity index (χ1v) is 13.8. The molecule has 7 heteroatoms. The van der Waals surface area contributed by atoms with Crippen molar-refractivity contribution in [1.29, 1.82) is 0 Å². The van der Waals surface area contributed by atoms with Crippen LogP contribution in [0, 0.1) is 6.92 Å². The van der Waals surface area contributed by atoms with E-state index in [0.717, 1.165) is 56.3 Å². The molecule has 1 aliphatic heterocycles. The van der Waals surface area contributed by atoms with Gasteiger partial charge in [0.1, 0.15) is 4.90 Å². The SMILES string of the molecule is Cc1ccccc1C(=O)Nc1ccc(N2CCCC2)c(S(=O)(=O)N[C@@H]2CCCc3ccccc32)c1. The zero-order valence-corrected chi connectivity index (χ0v) is 20.8. The van der Waals surface area contributed by atoms with Crippen LogP contribution in [0.1, 0.15) is 58.8 Å². The number of nitrogens with one attached hydrogen (secondary N) is 2. The first-order valence-electron chi connectivity index (χ1n) is 12.3. The van der Waals surface area contributed by atoms with Crippen molar-refractivity contribution in [2.75, 3.05) is 23.3 Å². The van der Waals surface area contributed by atoms with Crippen molar-refractivity contribution in [2.45, 2.75) is 50.0 Å². The molecule has 3 aromatic rings. The van der Waals surface area contributed by atoms with Crippen LogP contribution in [0.4, 0.5) is 11.4 Å². The zero-order chi connectivity index (χ0) is 24.4. The summed E-state index contributed by atoms with van der Waals surface area (Å²) in [5, 5.41) is 2.90. The molecule has 1 saturated heterocycles. The fourth-order valence-electron chi connectivity index (χ4n) is 5.18. The lowest BCUT2D eigenvalue weighted by atomic mass is 9.88. The van der Waals surface area contributed by atoms with Gasteiger partial charge in [-0.3, -0.25) is 4.79 Å². The molecule has 2 aliphatic rings. The van der Waals surface area contributed by atoms with Crippen LogP contribution in [0.2, 0.25) is 0 Å². The molecule has 0 spiro atoms. The van der Waals surface area contributed by atoms with E-state index in [4.69, 9.17) is 0 Å². The molecule has 3 aromatic carbocycles. The van der Waals surface area contributed by atoms with Crippen molar-refractivity contribution < 1.29 is 13.2 Å². The maximum Gasteiger partial charge on any atom is 0.255 e. The third-order valence-corrected chi connectivity index (χ3v) is 8.51. The van der Waals surface area contributed by atoms with Crippen LogP contribution in [0.3, 0.4) is 0 Å². The van der Waals surface area contributed by atoms with E-state index in [0.29, 0.717) is 16.9 Å². The Bertz CT molecular complexity index is 1350. The number of rotatable bonds is 6. The number of hydrogen-bond donors (Lipinski definition) is 2. The lowest BCUT2D eigenvalue weighted by Gasteiger charge is -2.28. The summed E-state index contributed by atoms with van der Waals surface area (Å²) in [4.78, 5) is 15.2. The number of benzene rings is 3. The minimum Gasteiger partial charge on any atom is -0.370 e. The average molecular weight is 490 g/mol. The van der Waals surface area contributed by atoms with Gasteiger partial charge >= 0.3 is 0 Å². The number of fused-ring (bicyclic) bond motifs is 1. The van der Waals surface area contributed by atoms with Gasteiger partial charge in [0.2, 0.25) is 10.0 Å². The van der Waals surface area contributed by atoms with Crippen LogP contribution in [0.25, 0.3) is 0 Å². The van der Waals surface area contributed by atoms with Gasteiger partial charge < -0.3 is 10.2 Å². The van der Waals surface area contributed by atoms with Crippen molar-refractivity contribution in [1.82, 2.24) is 4.72 Å². The van der Waals surface area contributed by atoms with E-state index in [1.165, 1.54) is 5.56 Å². The summed E-state index contributed by atoms with van der Waals surface area (Å²) in [7, 11) is -3.84. The Morgan fingerprint density at radius 3 is 2.49 bits per heavy atom. The van der Waals surface area contributed by atoms with Gasteiger partial charge in [0, 0.05) is 30.4 Å². The Balaban J connectivity index is 1.48. The fourth-order valence-corrected chi connectivity index (χ4v) is 6.68. The standard InChI is InChI=1S/C28H31N3O3S/c1-20-9-2-4-12-23(20)28(32)29-22-15-16-26(31-17-6-7-18-31)27(19-22)35(33,34)30-25-14-8-11-21-10-3-5-13-24(21)25/h2-5,9-10,12-13,15-16,19,25,30H,6-8,11,14,17-18H2,1H3,(H,29,32)/t25-/m1/s1. The van der Waals surface area contributed by atoms with Gasteiger partial charge in [-0.15, -0.1) is 0 Å². The Morgan fingerprint density at radius 2 is 1.69 bits per heavy atom. The smallest absolute Gasteiger partial charge is 0.255 e. The maximum atomic E-state index is 13.8. The first kappa shape index (κ1) is 23.6. The van der Waals surface area contributed by atoms with Gasteiger partial charge in [0.05, 0.1) is 5.69 Å². The summed E-state index contributed by atoms with van der Waals surface area (Å²) in [5.74, 6) is -0.255. The quantitative estimate of drug-likeness (QED) is 0.499. The third-order valence-electron chi connectivity index (χ3n) is 7.01. The highest BCUT2D eigenvalue weighted by molar-refractivity contribution is 7.89. The number of hydrogen-bond acceptors (Lipinski definition) is 4. The summed E-state index contributed by atoms with van der Waals surface area (Å²) in [6, 6.07) is 20.4. The summed E-state index contributed by atoms with van der Waals surface area (Å²) in [5.41, 5.74) is 4.83. The van der Waals surface area contributed by atoms with Crippen molar-refractivity contribution >= 4 is 27.3 Å². The van der Waals surface area contributed by atoms with E-state index in [9.17, 15) is 13.2 Å². The van der Waals surface area contributed by atoms with Crippen LogP contribution < -0.4 is 14.9 Å². The number of carbonyl (C=O) groups is 1. The summed E-state index contributed by atoms with van der Waals surface area (Å²) in [6.07, 6.45) is 4.74. The molecule has 0 aromatic heterocycles. The van der Waals surface area contributed by atoms with E-state index in [1.807, 2.05) is 49.4 Å². The molecule has 1 heterocycles. The lowest BCUT2D eigenvalue weighted by Crippen LogP contribution is -2.32. The highest BCUT2D eigenvalue weighted by Gasteiger charge is 2.29. The largest absolute Gasteiger partial charge is 0.370 e. The van der Waals surface area contributed by atoms with E-state index in [-0.39, 0.29) is 16.8 Å². The third kappa shape index (κ3) is 4.97. The predicted molar refractivity (Wildman–Crippen MR) is 139 cm³/mol. The summed E-state index contributed by atoms with van der Waals surface area (Å²) >= 11 is 0. The van der Waals surface area contributed by atoms with Gasteiger partial charge in [-0.05, 0) is 80.0 Å². The van der Waals surface area contributed by atoms with E-state index >= 15 is 0 Å². The normalized spacial score (nSPS) is 17.7. The molecule has 0 saturated carbocycles. The van der Waals surface area contributed by atoms with Crippen LogP contribution in [0.5, 0.6) is 0 Å². The summed E-state index contributed by atoms with van der Waals surface area (Å²) in [6.45, 7) is 3.53. The van der Waals surface area contributed by atoms with Gasteiger partial charge in [0.15, 0.2) is 0 Å². The molecule has 182 valence electrons. The molecular formula is C28H31N3O3S. The van der Waals surface area contributed by atoms with Crippen molar-refractivity contribution in [3.05, 3.63) is 89.0 Å². The van der Waals surface area contributed by atoms with Gasteiger partial charge in [0.25, 0.3) is 5.91 Å². The Morgan fingerprint density at radius 1 is 0.943 bits per heavy atom. The van der Waals surface area contributed by atoms with Crippen LogP contribution >= 0.6 is 0 Å². The van der Waals surface area contributed by atoms with Crippen molar-refractivity contribution in [2.24, 2.45) is 0 Å². The number of anilines is 2. The first-order chi connectivity index (χ1) is 16.9. The Hall–Kier alpha value is -3.16. The van der Waals surface area contributed by atoms with E-state index in [1.54, 1.807) is 18.2 Å². The van der Waals surface area contributed by atoms with E-state index in [2.05, 4.69) is 21.0 Å². The van der Waals surface area contributed by atoms with E-state index < -0.39 is 10.0 Å². The molecule has 6 nitrogen and oxygen atoms in total. The molecule has 5 rings (SSSR count). The molecule has 0 bridgehead atoms. The molecule has 1 atom stereocenters. The second-order valence-electron chi connectivity index (χ2n) is 9.41. The van der Waals surface area contributed by atoms with Gasteiger partial charge in [-0.2, -0.15) is 0 Å². The molecule has 0 unspecified atom stereocenters. The van der Waals surface area contributed by atoms with Crippen LogP contribution in [-0.4, -0.2) is 27.4 Å². The minimum absolute atomic E-state index is 0.213. The topological polar surface area (TPSA) is 78.5 Å². The highest BCUT2D eigenvalue weighted by Crippen LogP contribution is 2.35. The molecular weight excluding hydrogens is 458 g/mol. The predicted octanol–water partition coefficient (Wildman–Crippen LogP) is 5.20. The number of sulfonamides is 1. The zero-order valence-electron chi connectivity index (χ0n) is 20.0. The monoisotopic (exact) mass is 489 g/mol. The minimum atomic E-state index is -3.84. The maximum absolute atomic E-state index is 13.8. The number of nitrogens with zero attached hydrogens (tertiary/aromatic N) is 1. The van der Waals surface area contributed by atoms with Crippen LogP contribution in [-0.2, 0) is 16.4 Å². The molecule has 0 radical (unpaired) electrons. The second-order valence-corrected chi connectivity index (χ2v) is 11.1. The molecule has 2 N–H and O–H groups in total. The average Bonchev–Trinajstić information content (AvgIpc) is 3.39. The number of aryl methyl sites for hydroxylation is 2. The Kier molecular flexibility index (Phi) is 6.62. The van der Waals surface area contributed by atoms with Crippen molar-refractivity contribution in [3.8, 4) is 0 Å². The number of carbonyl (C=O) groups excluding carboxylic acids is 1. The van der Waals surface area contributed by atoms with Gasteiger partial charge in [-0.25, -0.2) is 13.1 Å². The lowest BCUT2D eigenvalue weighted by molar-refractivity contribution is 0.102. The number of amides is 1. The molecule has 1 aliphatic carbocycles. The second kappa shape index (κ2) is 9.84. The van der Waals surface area contributed by atoms with Crippen LogP contribution in [0.15, 0.2) is 71.6 Å². The van der Waals surface area contributed by atoms with Crippen molar-refractivity contribution in [3.63, 3.8) is 0 Å². The Labute approximate surface area is 207 Å². The van der Waals surface area contributed by atoms with Gasteiger partial charge in [-0.1, -0.05) is 42.5 Å². The summed E-state index contributed by atoms with van der Waals surface area (Å²) < 4.78 is 30.6. The fraction of sp³-hybridized carbons (Fsp3) is 0.321.